The second kappa shape index (κ2) is 7.07. The molecule has 15 heavy (non-hydrogen) atoms. The molecule has 0 saturated heterocycles. The predicted molar refractivity (Wildman–Crippen MR) is 64.1 cm³/mol. The molecule has 2 N–H and O–H groups in total. The lowest BCUT2D eigenvalue weighted by Crippen LogP contribution is -2.03. The van der Waals surface area contributed by atoms with Gasteiger partial charge in [-0.1, -0.05) is 18.2 Å². The Balaban J connectivity index is 2.39. The average Bonchev–Trinajstić information content (AvgIpc) is 2.26. The lowest BCUT2D eigenvalue weighted by molar-refractivity contribution is 0.312. The summed E-state index contributed by atoms with van der Waals surface area (Å²) in [5.74, 6) is 0.935. The third kappa shape index (κ3) is 4.66. The minimum absolute atomic E-state index is 0.680. The maximum Gasteiger partial charge on any atom is 0.119 e. The summed E-state index contributed by atoms with van der Waals surface area (Å²) < 4.78 is 5.61. The summed E-state index contributed by atoms with van der Waals surface area (Å²) in [7, 11) is 0. The molecule has 0 aliphatic heterocycles. The first-order chi connectivity index (χ1) is 7.36. The van der Waals surface area contributed by atoms with Gasteiger partial charge in [-0.2, -0.15) is 0 Å². The van der Waals surface area contributed by atoms with E-state index in [9.17, 15) is 0 Å². The molecule has 0 unspecified atom stereocenters. The molecular formula is C13H19NO. The van der Waals surface area contributed by atoms with Gasteiger partial charge in [0, 0.05) is 0 Å². The van der Waals surface area contributed by atoms with Crippen molar-refractivity contribution in [3.63, 3.8) is 0 Å². The van der Waals surface area contributed by atoms with Crippen molar-refractivity contribution in [3.8, 4) is 5.75 Å². The van der Waals surface area contributed by atoms with Gasteiger partial charge in [0.05, 0.1) is 6.61 Å². The number of unbranched alkanes of at least 4 members (excludes halogenated alkanes) is 1. The molecular weight excluding hydrogens is 186 g/mol. The van der Waals surface area contributed by atoms with Crippen LogP contribution in [0.5, 0.6) is 5.75 Å². The Hall–Kier alpha value is -1.28. The Labute approximate surface area is 91.7 Å². The fraction of sp³-hybridized carbons (Fsp3) is 0.385. The largest absolute Gasteiger partial charge is 0.494 e. The van der Waals surface area contributed by atoms with Crippen LogP contribution in [-0.2, 0) is 6.42 Å². The molecule has 0 aliphatic rings. The topological polar surface area (TPSA) is 35.2 Å². The molecule has 0 radical (unpaired) electrons. The normalized spacial score (nSPS) is 9.93. The summed E-state index contributed by atoms with van der Waals surface area (Å²) in [6.07, 6.45) is 4.84. The van der Waals surface area contributed by atoms with E-state index in [1.807, 2.05) is 18.2 Å². The van der Waals surface area contributed by atoms with E-state index < -0.39 is 0 Å². The van der Waals surface area contributed by atoms with Gasteiger partial charge in [-0.3, -0.25) is 0 Å². The van der Waals surface area contributed by atoms with E-state index in [1.54, 1.807) is 0 Å². The van der Waals surface area contributed by atoms with Crippen molar-refractivity contribution in [2.24, 2.45) is 5.73 Å². The number of rotatable bonds is 7. The fourth-order valence-electron chi connectivity index (χ4n) is 1.38. The zero-order chi connectivity index (χ0) is 10.9. The molecule has 0 atom stereocenters. The third-order valence-electron chi connectivity index (χ3n) is 2.15. The van der Waals surface area contributed by atoms with Gasteiger partial charge in [-0.15, -0.1) is 6.58 Å². The van der Waals surface area contributed by atoms with E-state index in [-0.39, 0.29) is 0 Å². The molecule has 0 aromatic heterocycles. The van der Waals surface area contributed by atoms with Crippen LogP contribution in [0.3, 0.4) is 0 Å². The highest BCUT2D eigenvalue weighted by Crippen LogP contribution is 2.13. The van der Waals surface area contributed by atoms with Gasteiger partial charge >= 0.3 is 0 Å². The molecule has 1 rings (SSSR count). The van der Waals surface area contributed by atoms with Crippen LogP contribution in [0.25, 0.3) is 0 Å². The highest BCUT2D eigenvalue weighted by atomic mass is 16.5. The zero-order valence-electron chi connectivity index (χ0n) is 9.11. The van der Waals surface area contributed by atoms with Crippen molar-refractivity contribution in [1.82, 2.24) is 0 Å². The van der Waals surface area contributed by atoms with E-state index in [0.717, 1.165) is 31.6 Å². The smallest absolute Gasteiger partial charge is 0.119 e. The Morgan fingerprint density at radius 3 is 3.00 bits per heavy atom. The lowest BCUT2D eigenvalue weighted by Gasteiger charge is -2.06. The maximum atomic E-state index is 5.61. The number of ether oxygens (including phenoxy) is 1. The van der Waals surface area contributed by atoms with Gasteiger partial charge in [0.1, 0.15) is 5.75 Å². The molecule has 2 heteroatoms. The van der Waals surface area contributed by atoms with Gasteiger partial charge < -0.3 is 10.5 Å². The van der Waals surface area contributed by atoms with Gasteiger partial charge in [0.2, 0.25) is 0 Å². The Morgan fingerprint density at radius 2 is 2.27 bits per heavy atom. The highest BCUT2D eigenvalue weighted by Gasteiger charge is 1.95. The van der Waals surface area contributed by atoms with Crippen LogP contribution in [0.15, 0.2) is 36.9 Å². The van der Waals surface area contributed by atoms with Crippen LogP contribution < -0.4 is 10.5 Å². The molecule has 2 nitrogen and oxygen atoms in total. The summed E-state index contributed by atoms with van der Waals surface area (Å²) in [6, 6.07) is 8.12. The lowest BCUT2D eigenvalue weighted by atomic mass is 10.1. The molecule has 0 bridgehead atoms. The number of hydrogen-bond acceptors (Lipinski definition) is 2. The molecule has 1 aromatic carbocycles. The van der Waals surface area contributed by atoms with Crippen molar-refractivity contribution in [1.29, 1.82) is 0 Å². The van der Waals surface area contributed by atoms with Gasteiger partial charge in [0.15, 0.2) is 0 Å². The van der Waals surface area contributed by atoms with Crippen LogP contribution in [0.2, 0.25) is 0 Å². The molecule has 0 heterocycles. The molecule has 1 aromatic rings. The summed E-state index contributed by atoms with van der Waals surface area (Å²) >= 11 is 0. The zero-order valence-corrected chi connectivity index (χ0v) is 9.11. The fourth-order valence-corrected chi connectivity index (χ4v) is 1.38. The average molecular weight is 205 g/mol. The SMILES string of the molecule is C=CCCCOc1cccc(CCN)c1. The van der Waals surface area contributed by atoms with E-state index in [0.29, 0.717) is 6.54 Å². The monoisotopic (exact) mass is 205 g/mol. The Morgan fingerprint density at radius 1 is 1.40 bits per heavy atom. The summed E-state index contributed by atoms with van der Waals surface area (Å²) in [6.45, 7) is 5.10. The first-order valence-corrected chi connectivity index (χ1v) is 5.39. The first kappa shape index (κ1) is 11.8. The number of benzene rings is 1. The van der Waals surface area contributed by atoms with Crippen LogP contribution >= 0.6 is 0 Å². The van der Waals surface area contributed by atoms with Crippen LogP contribution in [-0.4, -0.2) is 13.2 Å². The maximum absolute atomic E-state index is 5.61. The van der Waals surface area contributed by atoms with Crippen molar-refractivity contribution in [2.45, 2.75) is 19.3 Å². The minimum Gasteiger partial charge on any atom is -0.494 e. The second-order valence-corrected chi connectivity index (χ2v) is 3.47. The van der Waals surface area contributed by atoms with Crippen molar-refractivity contribution in [2.75, 3.05) is 13.2 Å². The van der Waals surface area contributed by atoms with Gasteiger partial charge in [0.25, 0.3) is 0 Å². The Bertz CT molecular complexity index is 296. The van der Waals surface area contributed by atoms with Crippen LogP contribution in [0.4, 0.5) is 0 Å². The van der Waals surface area contributed by atoms with Gasteiger partial charge in [-0.25, -0.2) is 0 Å². The summed E-state index contributed by atoms with van der Waals surface area (Å²) in [5, 5.41) is 0. The van der Waals surface area contributed by atoms with Crippen LogP contribution in [0, 0.1) is 0 Å². The molecule has 0 saturated carbocycles. The van der Waals surface area contributed by atoms with Crippen molar-refractivity contribution < 1.29 is 4.74 Å². The summed E-state index contributed by atoms with van der Waals surface area (Å²) in [5.41, 5.74) is 6.73. The van der Waals surface area contributed by atoms with Crippen LogP contribution in [0.1, 0.15) is 18.4 Å². The number of nitrogens with two attached hydrogens (primary N) is 1. The quantitative estimate of drug-likeness (QED) is 0.548. The molecule has 0 spiro atoms. The number of hydrogen-bond donors (Lipinski definition) is 1. The molecule has 0 amide bonds. The van der Waals surface area contributed by atoms with E-state index >= 15 is 0 Å². The second-order valence-electron chi connectivity index (χ2n) is 3.47. The predicted octanol–water partition coefficient (Wildman–Crippen LogP) is 2.53. The standard InChI is InChI=1S/C13H19NO/c1-2-3-4-10-15-13-7-5-6-12(11-13)8-9-14/h2,5-7,11H,1,3-4,8-10,14H2. The van der Waals surface area contributed by atoms with E-state index in [1.165, 1.54) is 5.56 Å². The molecule has 82 valence electrons. The van der Waals surface area contributed by atoms with E-state index in [4.69, 9.17) is 10.5 Å². The molecule has 0 fully saturated rings. The van der Waals surface area contributed by atoms with E-state index in [2.05, 4.69) is 18.7 Å². The van der Waals surface area contributed by atoms with Crippen molar-refractivity contribution >= 4 is 0 Å². The minimum atomic E-state index is 0.680. The number of allylic oxidation sites excluding steroid dienone is 1. The van der Waals surface area contributed by atoms with Gasteiger partial charge in [-0.05, 0) is 43.5 Å². The van der Waals surface area contributed by atoms with Crippen molar-refractivity contribution in [3.05, 3.63) is 42.5 Å². The third-order valence-corrected chi connectivity index (χ3v) is 2.15. The molecule has 0 aliphatic carbocycles. The first-order valence-electron chi connectivity index (χ1n) is 5.39. The summed E-state index contributed by atoms with van der Waals surface area (Å²) in [4.78, 5) is 0. The Kier molecular flexibility index (Phi) is 5.56. The highest BCUT2D eigenvalue weighted by molar-refractivity contribution is 5.28.